The average molecular weight is 296 g/mol. The van der Waals surface area contributed by atoms with Gasteiger partial charge in [0, 0.05) is 39.2 Å². The lowest BCUT2D eigenvalue weighted by Crippen LogP contribution is -2.62. The van der Waals surface area contributed by atoms with Gasteiger partial charge in [-0.15, -0.1) is 0 Å². The topological polar surface area (TPSA) is 70.1 Å². The van der Waals surface area contributed by atoms with Gasteiger partial charge in [-0.25, -0.2) is 0 Å². The Bertz CT molecular complexity index is 399. The largest absolute Gasteiger partial charge is 0.480 e. The van der Waals surface area contributed by atoms with Crippen LogP contribution < -0.4 is 0 Å². The Morgan fingerprint density at radius 2 is 1.75 bits per heavy atom. The van der Waals surface area contributed by atoms with Gasteiger partial charge in [-0.1, -0.05) is 0 Å². The van der Waals surface area contributed by atoms with E-state index in [4.69, 9.17) is 4.74 Å². The molecule has 114 valence electrons. The molecule has 2 rings (SSSR count). The predicted octanol–water partition coefficient (Wildman–Crippen LogP) is -0.0634. The van der Waals surface area contributed by atoms with Crippen LogP contribution >= 0.6 is 0 Å². The molecule has 1 amide bonds. The second-order valence-corrected chi connectivity index (χ2v) is 4.92. The molecule has 2 fully saturated rings. The summed E-state index contributed by atoms with van der Waals surface area (Å²) in [7, 11) is 0. The number of halogens is 3. The normalized spacial score (nSPS) is 28.6. The molecule has 0 bridgehead atoms. The summed E-state index contributed by atoms with van der Waals surface area (Å²) >= 11 is 0. The van der Waals surface area contributed by atoms with Crippen molar-refractivity contribution in [1.82, 2.24) is 9.80 Å². The maximum Gasteiger partial charge on any atom is 0.471 e. The van der Waals surface area contributed by atoms with Gasteiger partial charge >= 0.3 is 18.1 Å². The Labute approximate surface area is 113 Å². The highest BCUT2D eigenvalue weighted by Gasteiger charge is 2.50. The second-order valence-electron chi connectivity index (χ2n) is 4.92. The Morgan fingerprint density at radius 1 is 1.15 bits per heavy atom. The number of nitrogens with zero attached hydrogens (tertiary/aromatic N) is 2. The fourth-order valence-electron chi connectivity index (χ4n) is 2.62. The van der Waals surface area contributed by atoms with Gasteiger partial charge in [0.15, 0.2) is 0 Å². The van der Waals surface area contributed by atoms with Gasteiger partial charge < -0.3 is 14.7 Å². The lowest BCUT2D eigenvalue weighted by molar-refractivity contribution is -0.188. The van der Waals surface area contributed by atoms with Crippen LogP contribution in [0, 0.1) is 0 Å². The monoisotopic (exact) mass is 296 g/mol. The van der Waals surface area contributed by atoms with Crippen LogP contribution in [0.15, 0.2) is 0 Å². The van der Waals surface area contributed by atoms with E-state index in [0.717, 1.165) is 0 Å². The Hall–Kier alpha value is -1.35. The highest BCUT2D eigenvalue weighted by Crippen LogP contribution is 2.28. The zero-order valence-electron chi connectivity index (χ0n) is 10.7. The molecular weight excluding hydrogens is 281 g/mol. The molecule has 0 aromatic heterocycles. The van der Waals surface area contributed by atoms with E-state index in [1.54, 1.807) is 4.90 Å². The molecule has 1 N–H and O–H groups in total. The number of aliphatic carboxylic acids is 1. The van der Waals surface area contributed by atoms with Crippen LogP contribution in [-0.4, -0.2) is 77.9 Å². The SMILES string of the molecule is O=C(N1CCN(C2(C(=O)O)CCOC2)CC1)C(F)(F)F. The zero-order chi connectivity index (χ0) is 15.0. The van der Waals surface area contributed by atoms with Crippen molar-refractivity contribution in [2.24, 2.45) is 0 Å². The molecule has 0 aromatic rings. The Morgan fingerprint density at radius 3 is 2.15 bits per heavy atom. The van der Waals surface area contributed by atoms with Gasteiger partial charge in [0.2, 0.25) is 0 Å². The number of piperazine rings is 1. The van der Waals surface area contributed by atoms with Crippen molar-refractivity contribution in [2.45, 2.75) is 18.1 Å². The standard InChI is InChI=1S/C11H15F3N2O4/c12-11(13,14)8(17)15-2-4-16(5-3-15)10(9(18)19)1-6-20-7-10/h1-7H2,(H,18,19). The minimum Gasteiger partial charge on any atom is -0.480 e. The average Bonchev–Trinajstić information content (AvgIpc) is 2.87. The van der Waals surface area contributed by atoms with E-state index < -0.39 is 23.6 Å². The molecule has 2 saturated heterocycles. The molecule has 1 atom stereocenters. The highest BCUT2D eigenvalue weighted by molar-refractivity contribution is 5.82. The number of carboxylic acids is 1. The van der Waals surface area contributed by atoms with E-state index in [-0.39, 0.29) is 32.8 Å². The maximum absolute atomic E-state index is 12.3. The first-order valence-electron chi connectivity index (χ1n) is 6.20. The van der Waals surface area contributed by atoms with Crippen LogP contribution in [0.2, 0.25) is 0 Å². The maximum atomic E-state index is 12.3. The number of hydrogen-bond acceptors (Lipinski definition) is 4. The molecule has 0 radical (unpaired) electrons. The molecule has 6 nitrogen and oxygen atoms in total. The number of amides is 1. The van der Waals surface area contributed by atoms with Gasteiger partial charge in [0.1, 0.15) is 5.54 Å². The van der Waals surface area contributed by atoms with Crippen molar-refractivity contribution in [1.29, 1.82) is 0 Å². The lowest BCUT2D eigenvalue weighted by atomic mass is 9.95. The molecule has 0 spiro atoms. The summed E-state index contributed by atoms with van der Waals surface area (Å²) in [6.07, 6.45) is -4.58. The smallest absolute Gasteiger partial charge is 0.471 e. The molecule has 1 unspecified atom stereocenters. The fourth-order valence-corrected chi connectivity index (χ4v) is 2.62. The quantitative estimate of drug-likeness (QED) is 0.773. The third-order valence-corrected chi connectivity index (χ3v) is 3.81. The summed E-state index contributed by atoms with van der Waals surface area (Å²) in [4.78, 5) is 24.8. The minimum atomic E-state index is -4.89. The molecule has 20 heavy (non-hydrogen) atoms. The number of alkyl halides is 3. The third-order valence-electron chi connectivity index (χ3n) is 3.81. The van der Waals surface area contributed by atoms with Gasteiger partial charge in [0.25, 0.3) is 0 Å². The number of hydrogen-bond donors (Lipinski definition) is 1. The van der Waals surface area contributed by atoms with Gasteiger partial charge in [-0.3, -0.25) is 14.5 Å². The van der Waals surface area contributed by atoms with Crippen LogP contribution in [0.3, 0.4) is 0 Å². The molecule has 0 aliphatic carbocycles. The van der Waals surface area contributed by atoms with E-state index in [9.17, 15) is 27.9 Å². The Kier molecular flexibility index (Phi) is 3.92. The summed E-state index contributed by atoms with van der Waals surface area (Å²) in [6.45, 7) is 0.263. The van der Waals surface area contributed by atoms with E-state index in [2.05, 4.69) is 0 Å². The fraction of sp³-hybridized carbons (Fsp3) is 0.818. The number of ether oxygens (including phenoxy) is 1. The molecule has 0 aromatic carbocycles. The minimum absolute atomic E-state index is 0.0234. The van der Waals surface area contributed by atoms with E-state index >= 15 is 0 Å². The van der Waals surface area contributed by atoms with Gasteiger partial charge in [-0.2, -0.15) is 13.2 Å². The van der Waals surface area contributed by atoms with E-state index in [0.29, 0.717) is 17.9 Å². The summed E-state index contributed by atoms with van der Waals surface area (Å²) in [5.74, 6) is -2.91. The second kappa shape index (κ2) is 5.21. The number of carboxylic acid groups (broad SMARTS) is 1. The van der Waals surface area contributed by atoms with E-state index in [1.165, 1.54) is 0 Å². The highest BCUT2D eigenvalue weighted by atomic mass is 19.4. The van der Waals surface area contributed by atoms with Crippen LogP contribution in [0.5, 0.6) is 0 Å². The van der Waals surface area contributed by atoms with Crippen LogP contribution in [0.25, 0.3) is 0 Å². The van der Waals surface area contributed by atoms with Crippen molar-refractivity contribution in [3.8, 4) is 0 Å². The van der Waals surface area contributed by atoms with Crippen molar-refractivity contribution >= 4 is 11.9 Å². The molecule has 9 heteroatoms. The molecule has 2 aliphatic rings. The number of carbonyl (C=O) groups is 2. The zero-order valence-corrected chi connectivity index (χ0v) is 10.7. The van der Waals surface area contributed by atoms with Crippen molar-refractivity contribution in [3.63, 3.8) is 0 Å². The number of carbonyl (C=O) groups excluding carboxylic acids is 1. The first kappa shape index (κ1) is 15.0. The first-order valence-corrected chi connectivity index (χ1v) is 6.20. The molecular formula is C11H15F3N2O4. The summed E-state index contributed by atoms with van der Waals surface area (Å²) in [5, 5.41) is 9.34. The van der Waals surface area contributed by atoms with E-state index in [1.807, 2.05) is 0 Å². The third kappa shape index (κ3) is 2.59. The van der Waals surface area contributed by atoms with Crippen molar-refractivity contribution in [2.75, 3.05) is 39.4 Å². The number of rotatable bonds is 2. The van der Waals surface area contributed by atoms with Crippen LogP contribution in [-0.2, 0) is 14.3 Å². The van der Waals surface area contributed by atoms with Crippen molar-refractivity contribution < 1.29 is 32.6 Å². The summed E-state index contributed by atoms with van der Waals surface area (Å²) < 4.78 is 42.1. The van der Waals surface area contributed by atoms with Gasteiger partial charge in [-0.05, 0) is 0 Å². The molecule has 2 heterocycles. The van der Waals surface area contributed by atoms with Crippen LogP contribution in [0.1, 0.15) is 6.42 Å². The molecule has 0 saturated carbocycles. The summed E-state index contributed by atoms with van der Waals surface area (Å²) in [5.41, 5.74) is -1.17. The van der Waals surface area contributed by atoms with Crippen LogP contribution in [0.4, 0.5) is 13.2 Å². The first-order chi connectivity index (χ1) is 9.27. The Balaban J connectivity index is 2.01. The lowest BCUT2D eigenvalue weighted by Gasteiger charge is -2.42. The predicted molar refractivity (Wildman–Crippen MR) is 60.0 cm³/mol. The molecule has 2 aliphatic heterocycles. The van der Waals surface area contributed by atoms with Crippen molar-refractivity contribution in [3.05, 3.63) is 0 Å². The summed E-state index contributed by atoms with van der Waals surface area (Å²) in [6, 6.07) is 0. The van der Waals surface area contributed by atoms with Gasteiger partial charge in [0.05, 0.1) is 6.61 Å².